The predicted molar refractivity (Wildman–Crippen MR) is 118 cm³/mol. The highest BCUT2D eigenvalue weighted by molar-refractivity contribution is 7.89. The Morgan fingerprint density at radius 2 is 1.83 bits per heavy atom. The van der Waals surface area contributed by atoms with Gasteiger partial charge in [0.05, 0.1) is 23.7 Å². The number of rotatable bonds is 6. The minimum atomic E-state index is -3.89. The van der Waals surface area contributed by atoms with E-state index >= 15 is 0 Å². The number of benzene rings is 1. The van der Waals surface area contributed by atoms with Crippen molar-refractivity contribution in [2.24, 2.45) is 16.5 Å². The first-order chi connectivity index (χ1) is 14.1. The Kier molecular flexibility index (Phi) is 7.09. The van der Waals surface area contributed by atoms with Crippen molar-refractivity contribution in [1.82, 2.24) is 5.32 Å². The van der Waals surface area contributed by atoms with E-state index in [-0.39, 0.29) is 16.8 Å². The number of hydrogen-bond acceptors (Lipinski definition) is 5. The number of anilines is 1. The molecule has 0 bridgehead atoms. The Hall–Kier alpha value is -1.64. The number of carbonyl (C=O) groups excluding carboxylic acids is 1. The average Bonchev–Trinajstić information content (AvgIpc) is 2.73. The summed E-state index contributed by atoms with van der Waals surface area (Å²) in [5.41, 5.74) is 1.41. The predicted octanol–water partition coefficient (Wildman–Crippen LogP) is 2.90. The molecule has 1 heterocycles. The summed E-state index contributed by atoms with van der Waals surface area (Å²) in [4.78, 5) is 15.2. The quantitative estimate of drug-likeness (QED) is 0.712. The van der Waals surface area contributed by atoms with E-state index in [1.165, 1.54) is 12.1 Å². The summed E-state index contributed by atoms with van der Waals surface area (Å²) in [6, 6.07) is 4.66. The molecule has 1 saturated carbocycles. The molecule has 3 rings (SSSR count). The van der Waals surface area contributed by atoms with Crippen LogP contribution in [0.15, 0.2) is 23.1 Å². The molecule has 3 N–H and O–H groups in total. The number of nitrogens with two attached hydrogens (primary N) is 1. The molecule has 1 saturated heterocycles. The minimum Gasteiger partial charge on any atom is -0.378 e. The van der Waals surface area contributed by atoms with E-state index in [1.54, 1.807) is 6.07 Å². The number of nitrogens with zero attached hydrogens (tertiary/aromatic N) is 1. The van der Waals surface area contributed by atoms with E-state index in [1.807, 2.05) is 0 Å². The van der Waals surface area contributed by atoms with Crippen molar-refractivity contribution >= 4 is 21.6 Å². The molecular formula is C22H35N3O4S. The van der Waals surface area contributed by atoms with Crippen LogP contribution >= 0.6 is 0 Å². The van der Waals surface area contributed by atoms with Crippen molar-refractivity contribution in [3.8, 4) is 0 Å². The van der Waals surface area contributed by atoms with Gasteiger partial charge in [0, 0.05) is 24.8 Å². The van der Waals surface area contributed by atoms with Gasteiger partial charge in [-0.05, 0) is 55.2 Å². The number of carbonyl (C=O) groups is 1. The van der Waals surface area contributed by atoms with E-state index in [4.69, 9.17) is 9.88 Å². The summed E-state index contributed by atoms with van der Waals surface area (Å²) in [5.74, 6) is 0.436. The molecule has 0 aromatic heterocycles. The molecule has 2 aliphatic rings. The van der Waals surface area contributed by atoms with Crippen LogP contribution in [-0.2, 0) is 14.8 Å². The SMILES string of the molecule is CCC(C)(C)C1CCC(NC(=O)c2cc(S(N)(=O)=O)ccc2N2CCOCC2)CC1. The topological polar surface area (TPSA) is 102 Å². The molecule has 0 radical (unpaired) electrons. The Labute approximate surface area is 180 Å². The molecule has 1 amide bonds. The Morgan fingerprint density at radius 3 is 2.40 bits per heavy atom. The van der Waals surface area contributed by atoms with Gasteiger partial charge in [-0.25, -0.2) is 13.6 Å². The Morgan fingerprint density at radius 1 is 1.20 bits per heavy atom. The maximum atomic E-state index is 13.2. The van der Waals surface area contributed by atoms with Gasteiger partial charge in [-0.15, -0.1) is 0 Å². The first-order valence-electron chi connectivity index (χ1n) is 10.9. The van der Waals surface area contributed by atoms with Crippen molar-refractivity contribution in [2.75, 3.05) is 31.2 Å². The number of morpholine rings is 1. The number of amides is 1. The highest BCUT2D eigenvalue weighted by Gasteiger charge is 2.32. The number of nitrogens with one attached hydrogen (secondary N) is 1. The van der Waals surface area contributed by atoms with Crippen molar-refractivity contribution in [3.63, 3.8) is 0 Å². The Bertz CT molecular complexity index is 855. The summed E-state index contributed by atoms with van der Waals surface area (Å²) in [5, 5.41) is 8.47. The summed E-state index contributed by atoms with van der Waals surface area (Å²) >= 11 is 0. The molecule has 0 unspecified atom stereocenters. The van der Waals surface area contributed by atoms with Gasteiger partial charge in [0.1, 0.15) is 0 Å². The van der Waals surface area contributed by atoms with Gasteiger partial charge >= 0.3 is 0 Å². The highest BCUT2D eigenvalue weighted by Crippen LogP contribution is 2.40. The molecule has 8 heteroatoms. The molecule has 1 aliphatic heterocycles. The number of primary sulfonamides is 1. The van der Waals surface area contributed by atoms with Gasteiger partial charge in [0.25, 0.3) is 5.91 Å². The third kappa shape index (κ3) is 5.34. The molecule has 168 valence electrons. The zero-order valence-corrected chi connectivity index (χ0v) is 19.1. The molecular weight excluding hydrogens is 402 g/mol. The molecule has 30 heavy (non-hydrogen) atoms. The first-order valence-corrected chi connectivity index (χ1v) is 12.5. The third-order valence-electron chi connectivity index (χ3n) is 6.97. The molecule has 1 aromatic carbocycles. The zero-order valence-electron chi connectivity index (χ0n) is 18.3. The second-order valence-corrected chi connectivity index (χ2v) is 10.7. The second-order valence-electron chi connectivity index (χ2n) is 9.19. The molecule has 2 fully saturated rings. The van der Waals surface area contributed by atoms with Crippen LogP contribution in [0, 0.1) is 11.3 Å². The van der Waals surface area contributed by atoms with Gasteiger partial charge in [-0.3, -0.25) is 4.79 Å². The van der Waals surface area contributed by atoms with Crippen LogP contribution in [0.25, 0.3) is 0 Å². The maximum Gasteiger partial charge on any atom is 0.253 e. The summed E-state index contributed by atoms with van der Waals surface area (Å²) in [6.07, 6.45) is 5.24. The standard InChI is InChI=1S/C22H35N3O4S/c1-4-22(2,3)16-5-7-17(8-6-16)24-21(26)19-15-18(30(23,27)28)9-10-20(19)25-11-13-29-14-12-25/h9-10,15-17H,4-8,11-14H2,1-3H3,(H,24,26)(H2,23,27,28). The number of sulfonamides is 1. The Balaban J connectivity index is 1.77. The zero-order chi connectivity index (χ0) is 21.9. The fraction of sp³-hybridized carbons (Fsp3) is 0.682. The average molecular weight is 438 g/mol. The van der Waals surface area contributed by atoms with Crippen LogP contribution in [0.5, 0.6) is 0 Å². The third-order valence-corrected chi connectivity index (χ3v) is 7.88. The smallest absolute Gasteiger partial charge is 0.253 e. The van der Waals surface area contributed by atoms with Crippen molar-refractivity contribution in [2.45, 2.75) is 63.8 Å². The van der Waals surface area contributed by atoms with Crippen LogP contribution in [0.3, 0.4) is 0 Å². The fourth-order valence-electron chi connectivity index (χ4n) is 4.53. The van der Waals surface area contributed by atoms with Crippen LogP contribution in [0.4, 0.5) is 5.69 Å². The number of hydrogen-bond donors (Lipinski definition) is 2. The molecule has 0 spiro atoms. The lowest BCUT2D eigenvalue weighted by atomic mass is 9.69. The van der Waals surface area contributed by atoms with Gasteiger partial charge in [-0.2, -0.15) is 0 Å². The van der Waals surface area contributed by atoms with Crippen LogP contribution in [0.1, 0.15) is 63.2 Å². The highest BCUT2D eigenvalue weighted by atomic mass is 32.2. The van der Waals surface area contributed by atoms with E-state index < -0.39 is 10.0 Å². The lowest BCUT2D eigenvalue weighted by Crippen LogP contribution is -2.41. The van der Waals surface area contributed by atoms with Gasteiger partial charge in [0.2, 0.25) is 10.0 Å². The van der Waals surface area contributed by atoms with Gasteiger partial charge in [0.15, 0.2) is 0 Å². The van der Waals surface area contributed by atoms with E-state index in [0.717, 1.165) is 37.8 Å². The van der Waals surface area contributed by atoms with Gasteiger partial charge < -0.3 is 15.0 Å². The van der Waals surface area contributed by atoms with Crippen molar-refractivity contribution in [1.29, 1.82) is 0 Å². The summed E-state index contributed by atoms with van der Waals surface area (Å²) in [7, 11) is -3.89. The van der Waals surface area contributed by atoms with Crippen molar-refractivity contribution in [3.05, 3.63) is 23.8 Å². The largest absolute Gasteiger partial charge is 0.378 e. The molecule has 1 aromatic rings. The van der Waals surface area contributed by atoms with E-state index in [2.05, 4.69) is 31.0 Å². The molecule has 1 aliphatic carbocycles. The lowest BCUT2D eigenvalue weighted by molar-refractivity contribution is 0.0892. The second kappa shape index (κ2) is 9.24. The number of ether oxygens (including phenoxy) is 1. The summed E-state index contributed by atoms with van der Waals surface area (Å²) < 4.78 is 29.1. The van der Waals surface area contributed by atoms with Crippen LogP contribution in [0.2, 0.25) is 0 Å². The summed E-state index contributed by atoms with van der Waals surface area (Å²) in [6.45, 7) is 9.36. The monoisotopic (exact) mass is 437 g/mol. The van der Waals surface area contributed by atoms with Crippen molar-refractivity contribution < 1.29 is 17.9 Å². The maximum absolute atomic E-state index is 13.2. The van der Waals surface area contributed by atoms with Crippen LogP contribution in [-0.4, -0.2) is 46.7 Å². The van der Waals surface area contributed by atoms with Crippen LogP contribution < -0.4 is 15.4 Å². The minimum absolute atomic E-state index is 0.0435. The molecule has 0 atom stereocenters. The lowest BCUT2D eigenvalue weighted by Gasteiger charge is -2.39. The van der Waals surface area contributed by atoms with E-state index in [0.29, 0.717) is 43.2 Å². The van der Waals surface area contributed by atoms with Gasteiger partial charge in [-0.1, -0.05) is 27.2 Å². The van der Waals surface area contributed by atoms with E-state index in [9.17, 15) is 13.2 Å². The first kappa shape index (κ1) is 23.0. The molecule has 7 nitrogen and oxygen atoms in total. The fourth-order valence-corrected chi connectivity index (χ4v) is 5.06. The normalized spacial score (nSPS) is 23.3.